The van der Waals surface area contributed by atoms with Crippen molar-refractivity contribution >= 4 is 11.8 Å². The SMILES string of the molecule is CCCN(CC(=O)N(Cc1ccccc1)Cc1cccn1Cc1ccc(F)cc1)C(=O)c1cc(OC)cc(OC)c1. The lowest BCUT2D eigenvalue weighted by atomic mass is 10.1. The minimum Gasteiger partial charge on any atom is -0.497 e. The Labute approximate surface area is 240 Å². The summed E-state index contributed by atoms with van der Waals surface area (Å²) in [6.07, 6.45) is 2.65. The molecule has 0 fully saturated rings. The third kappa shape index (κ3) is 7.97. The molecule has 0 atom stereocenters. The number of nitrogens with zero attached hydrogens (tertiary/aromatic N) is 3. The number of hydrogen-bond acceptors (Lipinski definition) is 4. The molecule has 214 valence electrons. The normalized spacial score (nSPS) is 10.7. The predicted molar refractivity (Wildman–Crippen MR) is 156 cm³/mol. The van der Waals surface area contributed by atoms with Crippen LogP contribution in [0, 0.1) is 5.82 Å². The molecule has 3 aromatic carbocycles. The summed E-state index contributed by atoms with van der Waals surface area (Å²) < 4.78 is 26.2. The van der Waals surface area contributed by atoms with E-state index in [1.807, 2.05) is 55.6 Å². The van der Waals surface area contributed by atoms with E-state index in [1.165, 1.54) is 26.4 Å². The highest BCUT2D eigenvalue weighted by atomic mass is 19.1. The highest BCUT2D eigenvalue weighted by molar-refractivity contribution is 5.97. The van der Waals surface area contributed by atoms with Crippen molar-refractivity contribution in [1.29, 1.82) is 0 Å². The molecule has 0 saturated heterocycles. The Kier molecular flexibility index (Phi) is 10.2. The lowest BCUT2D eigenvalue weighted by Gasteiger charge is -2.28. The molecule has 0 N–H and O–H groups in total. The average Bonchev–Trinajstić information content (AvgIpc) is 3.43. The molecule has 0 aliphatic carbocycles. The maximum absolute atomic E-state index is 13.9. The minimum atomic E-state index is -0.278. The molecule has 1 heterocycles. The van der Waals surface area contributed by atoms with Gasteiger partial charge in [-0.1, -0.05) is 49.4 Å². The zero-order valence-corrected chi connectivity index (χ0v) is 23.8. The predicted octanol–water partition coefficient (Wildman–Crippen LogP) is 5.77. The van der Waals surface area contributed by atoms with Crippen molar-refractivity contribution in [2.24, 2.45) is 0 Å². The van der Waals surface area contributed by atoms with Gasteiger partial charge in [0.05, 0.1) is 20.8 Å². The van der Waals surface area contributed by atoms with Gasteiger partial charge in [0.2, 0.25) is 5.91 Å². The van der Waals surface area contributed by atoms with Crippen LogP contribution in [0.2, 0.25) is 0 Å². The summed E-state index contributed by atoms with van der Waals surface area (Å²) in [5, 5.41) is 0. The van der Waals surface area contributed by atoms with Crippen molar-refractivity contribution in [1.82, 2.24) is 14.4 Å². The number of amides is 2. The van der Waals surface area contributed by atoms with Gasteiger partial charge < -0.3 is 23.8 Å². The molecule has 4 rings (SSSR count). The second kappa shape index (κ2) is 14.2. The van der Waals surface area contributed by atoms with Crippen LogP contribution in [0.5, 0.6) is 11.5 Å². The molecule has 0 radical (unpaired) electrons. The van der Waals surface area contributed by atoms with E-state index in [0.29, 0.717) is 49.7 Å². The molecule has 2 amide bonds. The largest absolute Gasteiger partial charge is 0.497 e. The number of ether oxygens (including phenoxy) is 2. The molecular formula is C33H36FN3O4. The fourth-order valence-corrected chi connectivity index (χ4v) is 4.66. The van der Waals surface area contributed by atoms with E-state index in [9.17, 15) is 14.0 Å². The standard InChI is InChI=1S/C33H36FN3O4/c1-4-16-36(33(39)27-18-30(40-2)20-31(19-27)41-3)24-32(38)37(22-25-9-6-5-7-10-25)23-29-11-8-17-35(29)21-26-12-14-28(34)15-13-26/h5-15,17-20H,4,16,21-24H2,1-3H3. The van der Waals surface area contributed by atoms with Gasteiger partial charge in [0, 0.05) is 43.2 Å². The van der Waals surface area contributed by atoms with Gasteiger partial charge in [-0.15, -0.1) is 0 Å². The van der Waals surface area contributed by atoms with E-state index >= 15 is 0 Å². The summed E-state index contributed by atoms with van der Waals surface area (Å²) >= 11 is 0. The Balaban J connectivity index is 1.57. The Bertz CT molecular complexity index is 1410. The highest BCUT2D eigenvalue weighted by Gasteiger charge is 2.24. The number of aromatic nitrogens is 1. The maximum Gasteiger partial charge on any atom is 0.254 e. The fraction of sp³-hybridized carbons (Fsp3) is 0.273. The van der Waals surface area contributed by atoms with Crippen molar-refractivity contribution in [2.75, 3.05) is 27.3 Å². The first-order valence-electron chi connectivity index (χ1n) is 13.6. The van der Waals surface area contributed by atoms with Crippen LogP contribution in [0.15, 0.2) is 91.1 Å². The van der Waals surface area contributed by atoms with Crippen molar-refractivity contribution < 1.29 is 23.5 Å². The van der Waals surface area contributed by atoms with Crippen LogP contribution < -0.4 is 9.47 Å². The molecule has 7 nitrogen and oxygen atoms in total. The smallest absolute Gasteiger partial charge is 0.254 e. The van der Waals surface area contributed by atoms with Gasteiger partial charge in [-0.05, 0) is 53.9 Å². The molecule has 0 unspecified atom stereocenters. The molecule has 41 heavy (non-hydrogen) atoms. The van der Waals surface area contributed by atoms with Gasteiger partial charge in [-0.25, -0.2) is 4.39 Å². The van der Waals surface area contributed by atoms with Gasteiger partial charge in [0.1, 0.15) is 23.9 Å². The van der Waals surface area contributed by atoms with Crippen molar-refractivity contribution in [2.45, 2.75) is 33.0 Å². The summed E-state index contributed by atoms with van der Waals surface area (Å²) in [7, 11) is 3.06. The fourth-order valence-electron chi connectivity index (χ4n) is 4.66. The minimum absolute atomic E-state index is 0.0717. The number of halogens is 1. The van der Waals surface area contributed by atoms with Crippen LogP contribution >= 0.6 is 0 Å². The molecule has 0 bridgehead atoms. The maximum atomic E-state index is 13.9. The zero-order chi connectivity index (χ0) is 29.2. The number of rotatable bonds is 13. The highest BCUT2D eigenvalue weighted by Crippen LogP contribution is 2.24. The molecule has 0 saturated carbocycles. The van der Waals surface area contributed by atoms with E-state index in [-0.39, 0.29) is 24.2 Å². The zero-order valence-electron chi connectivity index (χ0n) is 23.8. The van der Waals surface area contributed by atoms with E-state index in [4.69, 9.17) is 9.47 Å². The summed E-state index contributed by atoms with van der Waals surface area (Å²) in [4.78, 5) is 30.8. The molecule has 0 aliphatic rings. The first-order chi connectivity index (χ1) is 19.9. The van der Waals surface area contributed by atoms with Crippen LogP contribution in [0.4, 0.5) is 4.39 Å². The van der Waals surface area contributed by atoms with E-state index in [1.54, 1.807) is 40.1 Å². The molecule has 4 aromatic rings. The number of carbonyl (C=O) groups is 2. The summed E-state index contributed by atoms with van der Waals surface area (Å²) in [6, 6.07) is 25.1. The summed E-state index contributed by atoms with van der Waals surface area (Å²) in [5.74, 6) is 0.294. The lowest BCUT2D eigenvalue weighted by molar-refractivity contribution is -0.133. The Morgan fingerprint density at radius 2 is 1.49 bits per heavy atom. The third-order valence-electron chi connectivity index (χ3n) is 6.82. The van der Waals surface area contributed by atoms with Crippen molar-refractivity contribution in [3.63, 3.8) is 0 Å². The average molecular weight is 558 g/mol. The van der Waals surface area contributed by atoms with E-state index < -0.39 is 0 Å². The number of methoxy groups -OCH3 is 2. The Hall–Kier alpha value is -4.59. The quantitative estimate of drug-likeness (QED) is 0.209. The molecule has 1 aromatic heterocycles. The van der Waals surface area contributed by atoms with Crippen LogP contribution in [0.3, 0.4) is 0 Å². The Morgan fingerprint density at radius 1 is 0.805 bits per heavy atom. The van der Waals surface area contributed by atoms with Crippen LogP contribution in [-0.4, -0.2) is 53.5 Å². The number of carbonyl (C=O) groups excluding carboxylic acids is 2. The number of benzene rings is 3. The van der Waals surface area contributed by atoms with Crippen LogP contribution in [0.25, 0.3) is 0 Å². The molecule has 0 aliphatic heterocycles. The molecular weight excluding hydrogens is 521 g/mol. The van der Waals surface area contributed by atoms with Gasteiger partial charge >= 0.3 is 0 Å². The van der Waals surface area contributed by atoms with Crippen LogP contribution in [-0.2, 0) is 24.4 Å². The second-order valence-corrected chi connectivity index (χ2v) is 9.82. The monoisotopic (exact) mass is 557 g/mol. The summed E-state index contributed by atoms with van der Waals surface area (Å²) in [5.41, 5.74) is 3.27. The second-order valence-electron chi connectivity index (χ2n) is 9.82. The molecule has 0 spiro atoms. The van der Waals surface area contributed by atoms with E-state index in [2.05, 4.69) is 4.57 Å². The summed E-state index contributed by atoms with van der Waals surface area (Å²) in [6.45, 7) is 3.61. The van der Waals surface area contributed by atoms with Gasteiger partial charge in [0.15, 0.2) is 0 Å². The number of hydrogen-bond donors (Lipinski definition) is 0. The van der Waals surface area contributed by atoms with Gasteiger partial charge in [0.25, 0.3) is 5.91 Å². The lowest BCUT2D eigenvalue weighted by Crippen LogP contribution is -2.43. The first kappa shape index (κ1) is 29.4. The van der Waals surface area contributed by atoms with Crippen molar-refractivity contribution in [3.8, 4) is 11.5 Å². The van der Waals surface area contributed by atoms with E-state index in [0.717, 1.165) is 16.8 Å². The van der Waals surface area contributed by atoms with Crippen molar-refractivity contribution in [3.05, 3.63) is 119 Å². The first-order valence-corrected chi connectivity index (χ1v) is 13.6. The third-order valence-corrected chi connectivity index (χ3v) is 6.82. The topological polar surface area (TPSA) is 64.0 Å². The van der Waals surface area contributed by atoms with Gasteiger partial charge in [-0.2, -0.15) is 0 Å². The molecule has 8 heteroatoms. The van der Waals surface area contributed by atoms with Crippen LogP contribution in [0.1, 0.15) is 40.5 Å². The Morgan fingerprint density at radius 3 is 2.12 bits per heavy atom. The van der Waals surface area contributed by atoms with Gasteiger partial charge in [-0.3, -0.25) is 9.59 Å².